The molecule has 1 unspecified atom stereocenters. The second-order valence-corrected chi connectivity index (χ2v) is 8.06. The fraction of sp³-hybridized carbons (Fsp3) is 0.538. The molecule has 0 aliphatic rings. The summed E-state index contributed by atoms with van der Waals surface area (Å²) in [7, 11) is -1.72. The van der Waals surface area contributed by atoms with Crippen molar-refractivity contribution in [2.24, 2.45) is 0 Å². The van der Waals surface area contributed by atoms with Gasteiger partial charge in [0.05, 0.1) is 11.9 Å². The van der Waals surface area contributed by atoms with E-state index in [-0.39, 0.29) is 5.75 Å². The quantitative estimate of drug-likeness (QED) is 0.559. The minimum atomic E-state index is -3.27. The average Bonchev–Trinajstić information content (AvgIpc) is 2.35. The van der Waals surface area contributed by atoms with Gasteiger partial charge in [-0.3, -0.25) is 0 Å². The van der Waals surface area contributed by atoms with Gasteiger partial charge >= 0.3 is 0 Å². The van der Waals surface area contributed by atoms with Crippen molar-refractivity contribution in [1.82, 2.24) is 4.31 Å². The number of aliphatic hydroxyl groups excluding tert-OH is 1. The highest BCUT2D eigenvalue weighted by Gasteiger charge is 2.17. The van der Waals surface area contributed by atoms with E-state index < -0.39 is 16.1 Å². The molecule has 1 atom stereocenters. The number of hydrogen-bond acceptors (Lipinski definition) is 5. The van der Waals surface area contributed by atoms with E-state index in [0.717, 1.165) is 4.90 Å². The molecule has 0 amide bonds. The highest BCUT2D eigenvalue weighted by Crippen LogP contribution is 2.20. The normalized spacial score (nSPS) is 13.6. The second kappa shape index (κ2) is 7.87. The molecule has 3 N–H and O–H groups in total. The van der Waals surface area contributed by atoms with Crippen LogP contribution in [-0.2, 0) is 10.0 Å². The van der Waals surface area contributed by atoms with E-state index in [0.29, 0.717) is 24.4 Å². The number of rotatable bonds is 8. The molecule has 1 aromatic carbocycles. The molecule has 114 valence electrons. The van der Waals surface area contributed by atoms with Crippen LogP contribution in [0.2, 0.25) is 0 Å². The average molecular weight is 318 g/mol. The van der Waals surface area contributed by atoms with E-state index in [2.05, 4.69) is 0 Å². The maximum atomic E-state index is 12.0. The summed E-state index contributed by atoms with van der Waals surface area (Å²) in [6.45, 7) is 1.99. The number of sulfonamides is 1. The molecule has 0 aliphatic heterocycles. The van der Waals surface area contributed by atoms with Crippen molar-refractivity contribution in [3.8, 4) is 0 Å². The van der Waals surface area contributed by atoms with Crippen molar-refractivity contribution in [3.05, 3.63) is 24.3 Å². The van der Waals surface area contributed by atoms with Crippen LogP contribution in [0, 0.1) is 0 Å². The predicted octanol–water partition coefficient (Wildman–Crippen LogP) is 1.39. The highest BCUT2D eigenvalue weighted by atomic mass is 32.2. The van der Waals surface area contributed by atoms with Crippen LogP contribution in [0.5, 0.6) is 0 Å². The lowest BCUT2D eigenvalue weighted by atomic mass is 10.3. The first-order valence-corrected chi connectivity index (χ1v) is 9.01. The predicted molar refractivity (Wildman–Crippen MR) is 84.3 cm³/mol. The zero-order chi connectivity index (χ0) is 15.2. The van der Waals surface area contributed by atoms with Crippen LogP contribution in [0.3, 0.4) is 0 Å². The summed E-state index contributed by atoms with van der Waals surface area (Å²) in [6, 6.07) is 7.38. The number of thioether (sulfide) groups is 1. The topological polar surface area (TPSA) is 83.6 Å². The Hall–Kier alpha value is -0.760. The first-order chi connectivity index (χ1) is 9.31. The molecule has 0 radical (unpaired) electrons. The number of anilines is 1. The van der Waals surface area contributed by atoms with Crippen LogP contribution < -0.4 is 5.73 Å². The van der Waals surface area contributed by atoms with Gasteiger partial charge in [0.15, 0.2) is 0 Å². The molecule has 7 heteroatoms. The standard InChI is InChI=1S/C13H22N2O3S2/c1-11(16)6-7-15(2)20(17,18)9-8-19-13-5-3-4-12(14)10-13/h3-5,10-11,16H,6-9,14H2,1-2H3. The Bertz CT molecular complexity index is 518. The molecule has 1 rings (SSSR count). The van der Waals surface area contributed by atoms with Crippen molar-refractivity contribution in [2.45, 2.75) is 24.3 Å². The molecule has 5 nitrogen and oxygen atoms in total. The van der Waals surface area contributed by atoms with E-state index in [1.54, 1.807) is 20.0 Å². The third-order valence-corrected chi connectivity index (χ3v) is 5.91. The zero-order valence-electron chi connectivity index (χ0n) is 11.8. The highest BCUT2D eigenvalue weighted by molar-refractivity contribution is 8.00. The molecule has 0 bridgehead atoms. The number of aliphatic hydroxyl groups is 1. The molecular formula is C13H22N2O3S2. The molecule has 0 saturated heterocycles. The minimum absolute atomic E-state index is 0.0722. The first kappa shape index (κ1) is 17.3. The van der Waals surface area contributed by atoms with Crippen LogP contribution in [-0.4, -0.2) is 49.0 Å². The molecule has 0 aromatic heterocycles. The van der Waals surface area contributed by atoms with Crippen molar-refractivity contribution < 1.29 is 13.5 Å². The maximum Gasteiger partial charge on any atom is 0.214 e. The smallest absolute Gasteiger partial charge is 0.214 e. The van der Waals surface area contributed by atoms with E-state index in [9.17, 15) is 13.5 Å². The van der Waals surface area contributed by atoms with E-state index in [1.165, 1.54) is 16.1 Å². The number of benzene rings is 1. The molecular weight excluding hydrogens is 296 g/mol. The van der Waals surface area contributed by atoms with Gasteiger partial charge in [-0.05, 0) is 31.5 Å². The van der Waals surface area contributed by atoms with Gasteiger partial charge in [0.2, 0.25) is 10.0 Å². The van der Waals surface area contributed by atoms with Crippen molar-refractivity contribution in [1.29, 1.82) is 0 Å². The Kier molecular flexibility index (Phi) is 6.81. The fourth-order valence-electron chi connectivity index (χ4n) is 1.53. The summed E-state index contributed by atoms with van der Waals surface area (Å²) in [4.78, 5) is 0.965. The Morgan fingerprint density at radius 1 is 1.45 bits per heavy atom. The molecule has 1 aromatic rings. The summed E-state index contributed by atoms with van der Waals surface area (Å²) in [5.74, 6) is 0.549. The molecule has 0 saturated carbocycles. The summed E-state index contributed by atoms with van der Waals surface area (Å²) in [5, 5.41) is 9.18. The monoisotopic (exact) mass is 318 g/mol. The Morgan fingerprint density at radius 2 is 2.15 bits per heavy atom. The number of nitrogens with zero attached hydrogens (tertiary/aromatic N) is 1. The third-order valence-electron chi connectivity index (χ3n) is 2.80. The largest absolute Gasteiger partial charge is 0.399 e. The van der Waals surface area contributed by atoms with Crippen molar-refractivity contribution >= 4 is 27.5 Å². The van der Waals surface area contributed by atoms with Crippen LogP contribution in [0.15, 0.2) is 29.2 Å². The van der Waals surface area contributed by atoms with Gasteiger partial charge in [0, 0.05) is 29.9 Å². The third kappa shape index (κ3) is 6.13. The Morgan fingerprint density at radius 3 is 2.75 bits per heavy atom. The summed E-state index contributed by atoms with van der Waals surface area (Å²) >= 11 is 1.47. The van der Waals surface area contributed by atoms with Gasteiger partial charge in [-0.1, -0.05) is 6.07 Å². The minimum Gasteiger partial charge on any atom is -0.399 e. The Labute approximate surface area is 125 Å². The Balaban J connectivity index is 2.43. The lowest BCUT2D eigenvalue weighted by molar-refractivity contribution is 0.177. The second-order valence-electron chi connectivity index (χ2n) is 4.70. The number of nitrogen functional groups attached to an aromatic ring is 1. The van der Waals surface area contributed by atoms with Crippen LogP contribution in [0.25, 0.3) is 0 Å². The number of hydrogen-bond donors (Lipinski definition) is 2. The van der Waals surface area contributed by atoms with E-state index in [4.69, 9.17) is 5.73 Å². The van der Waals surface area contributed by atoms with Crippen LogP contribution in [0.4, 0.5) is 5.69 Å². The van der Waals surface area contributed by atoms with Crippen molar-refractivity contribution in [3.63, 3.8) is 0 Å². The van der Waals surface area contributed by atoms with Gasteiger partial charge in [-0.25, -0.2) is 12.7 Å². The lowest BCUT2D eigenvalue weighted by Gasteiger charge is -2.17. The SMILES string of the molecule is CC(O)CCN(C)S(=O)(=O)CCSc1cccc(N)c1. The van der Waals surface area contributed by atoms with Crippen LogP contribution >= 0.6 is 11.8 Å². The first-order valence-electron chi connectivity index (χ1n) is 6.41. The molecule has 0 heterocycles. The molecule has 0 spiro atoms. The maximum absolute atomic E-state index is 12.0. The van der Waals surface area contributed by atoms with Crippen molar-refractivity contribution in [2.75, 3.05) is 30.8 Å². The summed E-state index contributed by atoms with van der Waals surface area (Å²) in [6.07, 6.45) is -0.0488. The van der Waals surface area contributed by atoms with Gasteiger partial charge in [-0.15, -0.1) is 11.8 Å². The van der Waals surface area contributed by atoms with Crippen LogP contribution in [0.1, 0.15) is 13.3 Å². The van der Waals surface area contributed by atoms with Gasteiger partial charge in [0.25, 0.3) is 0 Å². The zero-order valence-corrected chi connectivity index (χ0v) is 13.5. The van der Waals surface area contributed by atoms with Gasteiger partial charge in [-0.2, -0.15) is 0 Å². The molecule has 0 fully saturated rings. The number of nitrogens with two attached hydrogens (primary N) is 1. The van der Waals surface area contributed by atoms with E-state index >= 15 is 0 Å². The van der Waals surface area contributed by atoms with Gasteiger partial charge < -0.3 is 10.8 Å². The van der Waals surface area contributed by atoms with Gasteiger partial charge in [0.1, 0.15) is 0 Å². The lowest BCUT2D eigenvalue weighted by Crippen LogP contribution is -2.32. The van der Waals surface area contributed by atoms with E-state index in [1.807, 2.05) is 18.2 Å². The molecule has 20 heavy (non-hydrogen) atoms. The summed E-state index contributed by atoms with van der Waals surface area (Å²) in [5.41, 5.74) is 6.34. The molecule has 0 aliphatic carbocycles. The fourth-order valence-corrected chi connectivity index (χ4v) is 4.03. The summed E-state index contributed by atoms with van der Waals surface area (Å²) < 4.78 is 25.3.